The van der Waals surface area contributed by atoms with Crippen LogP contribution in [0, 0.1) is 5.82 Å². The molecule has 0 saturated heterocycles. The van der Waals surface area contributed by atoms with Crippen molar-refractivity contribution in [2.45, 2.75) is 9.92 Å². The number of anilines is 1. The standard InChI is InChI=1S/C11H8BrFN2S/c12-7-1-4-11(15-6-7)16-10-3-2-8(13)5-9(10)14/h1-6H,14H2. The minimum Gasteiger partial charge on any atom is -0.398 e. The van der Waals surface area contributed by atoms with Gasteiger partial charge in [0.15, 0.2) is 0 Å². The molecule has 0 unspecified atom stereocenters. The van der Waals surface area contributed by atoms with E-state index in [2.05, 4.69) is 20.9 Å². The molecule has 5 heteroatoms. The fraction of sp³-hybridized carbons (Fsp3) is 0. The van der Waals surface area contributed by atoms with Crippen molar-refractivity contribution in [3.63, 3.8) is 0 Å². The lowest BCUT2D eigenvalue weighted by Crippen LogP contribution is -1.90. The van der Waals surface area contributed by atoms with Gasteiger partial charge < -0.3 is 5.73 Å². The van der Waals surface area contributed by atoms with Gasteiger partial charge in [0.1, 0.15) is 10.8 Å². The van der Waals surface area contributed by atoms with Gasteiger partial charge in [-0.3, -0.25) is 0 Å². The van der Waals surface area contributed by atoms with Crippen LogP contribution in [-0.2, 0) is 0 Å². The second-order valence-corrected chi connectivity index (χ2v) is 5.08. The zero-order valence-corrected chi connectivity index (χ0v) is 10.6. The molecule has 0 aliphatic rings. The maximum atomic E-state index is 12.8. The van der Waals surface area contributed by atoms with E-state index in [9.17, 15) is 4.39 Å². The van der Waals surface area contributed by atoms with Crippen molar-refractivity contribution in [1.82, 2.24) is 4.98 Å². The Morgan fingerprint density at radius 3 is 2.69 bits per heavy atom. The van der Waals surface area contributed by atoms with Crippen LogP contribution >= 0.6 is 27.7 Å². The molecule has 0 fully saturated rings. The molecule has 0 radical (unpaired) electrons. The molecule has 2 nitrogen and oxygen atoms in total. The highest BCUT2D eigenvalue weighted by molar-refractivity contribution is 9.10. The van der Waals surface area contributed by atoms with Crippen molar-refractivity contribution in [2.24, 2.45) is 0 Å². The zero-order chi connectivity index (χ0) is 11.5. The molecule has 16 heavy (non-hydrogen) atoms. The van der Waals surface area contributed by atoms with Crippen LogP contribution in [0.4, 0.5) is 10.1 Å². The smallest absolute Gasteiger partial charge is 0.125 e. The molecule has 0 amide bonds. The molecule has 2 N–H and O–H groups in total. The summed E-state index contributed by atoms with van der Waals surface area (Å²) < 4.78 is 13.7. The van der Waals surface area contributed by atoms with Crippen molar-refractivity contribution < 1.29 is 4.39 Å². The molecule has 1 aromatic carbocycles. The number of hydrogen-bond acceptors (Lipinski definition) is 3. The number of pyridine rings is 1. The molecule has 1 aromatic heterocycles. The van der Waals surface area contributed by atoms with E-state index in [0.29, 0.717) is 5.69 Å². The number of rotatable bonds is 2. The molecule has 0 bridgehead atoms. The van der Waals surface area contributed by atoms with Gasteiger partial charge in [-0.1, -0.05) is 11.8 Å². The average molecular weight is 299 g/mol. The quantitative estimate of drug-likeness (QED) is 0.859. The fourth-order valence-corrected chi connectivity index (χ4v) is 2.16. The Bertz CT molecular complexity index is 502. The molecular weight excluding hydrogens is 291 g/mol. The lowest BCUT2D eigenvalue weighted by atomic mass is 10.3. The monoisotopic (exact) mass is 298 g/mol. The normalized spacial score (nSPS) is 10.4. The maximum Gasteiger partial charge on any atom is 0.125 e. The number of nitrogens with zero attached hydrogens (tertiary/aromatic N) is 1. The largest absolute Gasteiger partial charge is 0.398 e. The first-order valence-electron chi connectivity index (χ1n) is 4.49. The first kappa shape index (κ1) is 11.4. The Kier molecular flexibility index (Phi) is 3.46. The number of hydrogen-bond donors (Lipinski definition) is 1. The van der Waals surface area contributed by atoms with Gasteiger partial charge in [0.05, 0.1) is 0 Å². The van der Waals surface area contributed by atoms with Gasteiger partial charge in [-0.05, 0) is 46.3 Å². The molecule has 0 aliphatic carbocycles. The van der Waals surface area contributed by atoms with Crippen LogP contribution in [0.25, 0.3) is 0 Å². The summed E-state index contributed by atoms with van der Waals surface area (Å²) in [5.41, 5.74) is 6.13. The molecular formula is C11H8BrFN2S. The van der Waals surface area contributed by atoms with Crippen LogP contribution in [-0.4, -0.2) is 4.98 Å². The van der Waals surface area contributed by atoms with E-state index in [1.54, 1.807) is 12.3 Å². The van der Waals surface area contributed by atoms with Gasteiger partial charge in [0, 0.05) is 21.3 Å². The van der Waals surface area contributed by atoms with Crippen LogP contribution in [0.1, 0.15) is 0 Å². The Morgan fingerprint density at radius 1 is 1.25 bits per heavy atom. The molecule has 2 rings (SSSR count). The van der Waals surface area contributed by atoms with E-state index in [1.807, 2.05) is 12.1 Å². The van der Waals surface area contributed by atoms with E-state index >= 15 is 0 Å². The number of benzene rings is 1. The summed E-state index contributed by atoms with van der Waals surface area (Å²) in [4.78, 5) is 5.01. The number of aromatic nitrogens is 1. The predicted octanol–water partition coefficient (Wildman–Crippen LogP) is 3.72. The Labute approximate surface area is 105 Å². The first-order chi connectivity index (χ1) is 7.65. The number of halogens is 2. The van der Waals surface area contributed by atoms with Crippen molar-refractivity contribution in [1.29, 1.82) is 0 Å². The van der Waals surface area contributed by atoms with Crippen molar-refractivity contribution >= 4 is 33.4 Å². The molecule has 1 heterocycles. The van der Waals surface area contributed by atoms with Crippen LogP contribution in [0.5, 0.6) is 0 Å². The molecule has 0 aliphatic heterocycles. The van der Waals surface area contributed by atoms with Crippen LogP contribution < -0.4 is 5.73 Å². The minimum atomic E-state index is -0.328. The Hall–Kier alpha value is -1.07. The lowest BCUT2D eigenvalue weighted by Gasteiger charge is -2.04. The Balaban J connectivity index is 2.23. The topological polar surface area (TPSA) is 38.9 Å². The second-order valence-electron chi connectivity index (χ2n) is 3.10. The van der Waals surface area contributed by atoms with E-state index < -0.39 is 0 Å². The average Bonchev–Trinajstić information content (AvgIpc) is 2.25. The zero-order valence-electron chi connectivity index (χ0n) is 8.15. The summed E-state index contributed by atoms with van der Waals surface area (Å²) in [7, 11) is 0. The second kappa shape index (κ2) is 4.84. The first-order valence-corrected chi connectivity index (χ1v) is 6.10. The summed E-state index contributed by atoms with van der Waals surface area (Å²) in [6, 6.07) is 8.12. The van der Waals surface area contributed by atoms with Gasteiger partial charge in [0.25, 0.3) is 0 Å². The van der Waals surface area contributed by atoms with Crippen LogP contribution in [0.2, 0.25) is 0 Å². The van der Waals surface area contributed by atoms with Crippen molar-refractivity contribution in [3.05, 3.63) is 46.8 Å². The van der Waals surface area contributed by atoms with E-state index in [-0.39, 0.29) is 5.82 Å². The lowest BCUT2D eigenvalue weighted by molar-refractivity contribution is 0.627. The summed E-state index contributed by atoms with van der Waals surface area (Å²) >= 11 is 4.72. The van der Waals surface area contributed by atoms with Crippen molar-refractivity contribution in [3.8, 4) is 0 Å². The van der Waals surface area contributed by atoms with E-state index in [4.69, 9.17) is 5.73 Å². The molecule has 82 valence electrons. The van der Waals surface area contributed by atoms with Crippen LogP contribution in [0.3, 0.4) is 0 Å². The highest BCUT2D eigenvalue weighted by Gasteiger charge is 2.04. The SMILES string of the molecule is Nc1cc(F)ccc1Sc1ccc(Br)cn1. The fourth-order valence-electron chi connectivity index (χ4n) is 1.15. The summed E-state index contributed by atoms with van der Waals surface area (Å²) in [5.74, 6) is -0.328. The highest BCUT2D eigenvalue weighted by atomic mass is 79.9. The molecule has 0 spiro atoms. The minimum absolute atomic E-state index is 0.328. The van der Waals surface area contributed by atoms with E-state index in [0.717, 1.165) is 14.4 Å². The number of nitrogen functional groups attached to an aromatic ring is 1. The third-order valence-corrected chi connectivity index (χ3v) is 3.40. The van der Waals surface area contributed by atoms with Gasteiger partial charge >= 0.3 is 0 Å². The summed E-state index contributed by atoms with van der Waals surface area (Å²) in [5, 5.41) is 0.821. The van der Waals surface area contributed by atoms with Gasteiger partial charge in [-0.2, -0.15) is 0 Å². The number of nitrogens with two attached hydrogens (primary N) is 1. The molecule has 0 atom stereocenters. The molecule has 2 aromatic rings. The maximum absolute atomic E-state index is 12.8. The third-order valence-electron chi connectivity index (χ3n) is 1.89. The highest BCUT2D eigenvalue weighted by Crippen LogP contribution is 2.31. The summed E-state index contributed by atoms with van der Waals surface area (Å²) in [6.07, 6.45) is 1.71. The van der Waals surface area contributed by atoms with Crippen LogP contribution in [0.15, 0.2) is 50.9 Å². The Morgan fingerprint density at radius 2 is 2.06 bits per heavy atom. The van der Waals surface area contributed by atoms with Gasteiger partial charge in [0.2, 0.25) is 0 Å². The van der Waals surface area contributed by atoms with Gasteiger partial charge in [-0.25, -0.2) is 9.37 Å². The predicted molar refractivity (Wildman–Crippen MR) is 66.9 cm³/mol. The van der Waals surface area contributed by atoms with Crippen molar-refractivity contribution in [2.75, 3.05) is 5.73 Å². The summed E-state index contributed by atoms with van der Waals surface area (Å²) in [6.45, 7) is 0. The third kappa shape index (κ3) is 2.74. The van der Waals surface area contributed by atoms with Gasteiger partial charge in [-0.15, -0.1) is 0 Å². The van der Waals surface area contributed by atoms with E-state index in [1.165, 1.54) is 23.9 Å². The molecule has 0 saturated carbocycles.